The Bertz CT molecular complexity index is 1350. The minimum absolute atomic E-state index is 0.0193. The van der Waals surface area contributed by atoms with Crippen LogP contribution in [0.2, 0.25) is 0 Å². The van der Waals surface area contributed by atoms with Crippen molar-refractivity contribution < 1.29 is 4.92 Å². The largest absolute Gasteiger partial charge is 0.298 e. The zero-order valence-electron chi connectivity index (χ0n) is 19.2. The van der Waals surface area contributed by atoms with E-state index in [1.54, 1.807) is 12.1 Å². The van der Waals surface area contributed by atoms with Gasteiger partial charge in [-0.2, -0.15) is 0 Å². The van der Waals surface area contributed by atoms with E-state index in [0.717, 1.165) is 49.3 Å². The quantitative estimate of drug-likeness (QED) is 0.321. The number of fused-ring (bicyclic) bond motifs is 1. The van der Waals surface area contributed by atoms with Gasteiger partial charge in [0.1, 0.15) is 5.56 Å². The molecule has 0 unspecified atom stereocenters. The van der Waals surface area contributed by atoms with Crippen LogP contribution in [0.25, 0.3) is 17.1 Å². The Hall–Kier alpha value is -3.98. The van der Waals surface area contributed by atoms with Crippen LogP contribution in [0.5, 0.6) is 0 Å². The van der Waals surface area contributed by atoms with Crippen molar-refractivity contribution in [2.45, 2.75) is 33.2 Å². The number of benzene rings is 2. The highest BCUT2D eigenvalue weighted by Gasteiger charge is 2.21. The molecule has 0 saturated heterocycles. The lowest BCUT2D eigenvalue weighted by Gasteiger charge is -2.28. The van der Waals surface area contributed by atoms with Crippen molar-refractivity contribution in [1.82, 2.24) is 30.1 Å². The Kier molecular flexibility index (Phi) is 5.85. The second-order valence-corrected chi connectivity index (χ2v) is 8.70. The van der Waals surface area contributed by atoms with E-state index in [2.05, 4.69) is 43.5 Å². The third-order valence-electron chi connectivity index (χ3n) is 6.44. The van der Waals surface area contributed by atoms with Gasteiger partial charge in [0.05, 0.1) is 10.6 Å². The molecule has 0 radical (unpaired) electrons. The zero-order chi connectivity index (χ0) is 23.7. The molecule has 3 heterocycles. The summed E-state index contributed by atoms with van der Waals surface area (Å²) in [4.78, 5) is 19.2. The molecule has 0 atom stereocenters. The summed E-state index contributed by atoms with van der Waals surface area (Å²) in [5.41, 5.74) is 6.85. The normalized spacial score (nSPS) is 13.6. The SMILES string of the molecule is Cc1cc(-c2nnn(-c3ccc(CCN4CCc5ccncc5C4)cc3)n2)c([N+](=O)[O-])cc1C. The second kappa shape index (κ2) is 9.11. The van der Waals surface area contributed by atoms with Gasteiger partial charge < -0.3 is 0 Å². The van der Waals surface area contributed by atoms with Crippen molar-refractivity contribution in [3.63, 3.8) is 0 Å². The number of aromatic nitrogens is 5. The van der Waals surface area contributed by atoms with Gasteiger partial charge in [-0.05, 0) is 84.0 Å². The van der Waals surface area contributed by atoms with Gasteiger partial charge in [0, 0.05) is 38.1 Å². The van der Waals surface area contributed by atoms with Crippen LogP contribution >= 0.6 is 0 Å². The number of aryl methyl sites for hydroxylation is 2. The van der Waals surface area contributed by atoms with E-state index in [4.69, 9.17) is 0 Å². The molecule has 5 rings (SSSR count). The van der Waals surface area contributed by atoms with Gasteiger partial charge in [-0.25, -0.2) is 0 Å². The third-order valence-corrected chi connectivity index (χ3v) is 6.44. The molecule has 172 valence electrons. The first-order chi connectivity index (χ1) is 16.5. The summed E-state index contributed by atoms with van der Waals surface area (Å²) in [6.45, 7) is 6.74. The molecule has 0 N–H and O–H groups in total. The van der Waals surface area contributed by atoms with E-state index in [1.165, 1.54) is 21.5 Å². The summed E-state index contributed by atoms with van der Waals surface area (Å²) in [5, 5.41) is 24.1. The fraction of sp³-hybridized carbons (Fsp3) is 0.280. The number of nitro benzene ring substituents is 1. The molecule has 0 saturated carbocycles. The second-order valence-electron chi connectivity index (χ2n) is 8.70. The highest BCUT2D eigenvalue weighted by atomic mass is 16.6. The molecule has 1 aliphatic rings. The van der Waals surface area contributed by atoms with Gasteiger partial charge in [-0.1, -0.05) is 12.1 Å². The van der Waals surface area contributed by atoms with E-state index >= 15 is 0 Å². The van der Waals surface area contributed by atoms with Crippen molar-refractivity contribution in [3.05, 3.63) is 92.8 Å². The molecule has 0 bridgehead atoms. The summed E-state index contributed by atoms with van der Waals surface area (Å²) in [5.74, 6) is 0.235. The fourth-order valence-corrected chi connectivity index (χ4v) is 4.28. The molecule has 4 aromatic rings. The van der Waals surface area contributed by atoms with E-state index in [1.807, 2.05) is 38.4 Å². The Morgan fingerprint density at radius 2 is 1.85 bits per heavy atom. The van der Waals surface area contributed by atoms with Crippen molar-refractivity contribution >= 4 is 5.69 Å². The van der Waals surface area contributed by atoms with Gasteiger partial charge in [-0.15, -0.1) is 15.0 Å². The molecule has 0 aliphatic carbocycles. The maximum atomic E-state index is 11.5. The van der Waals surface area contributed by atoms with Crippen LogP contribution in [-0.2, 0) is 19.4 Å². The topological polar surface area (TPSA) is 103 Å². The molecular weight excluding hydrogens is 430 g/mol. The molecule has 0 amide bonds. The first kappa shape index (κ1) is 21.8. The third kappa shape index (κ3) is 4.42. The van der Waals surface area contributed by atoms with Gasteiger partial charge in [0.25, 0.3) is 5.69 Å². The van der Waals surface area contributed by atoms with E-state index in [9.17, 15) is 10.1 Å². The highest BCUT2D eigenvalue weighted by Crippen LogP contribution is 2.30. The monoisotopic (exact) mass is 455 g/mol. The van der Waals surface area contributed by atoms with Crippen LogP contribution in [0.3, 0.4) is 0 Å². The zero-order valence-corrected chi connectivity index (χ0v) is 19.2. The molecule has 2 aromatic heterocycles. The number of nitro groups is 1. The molecular formula is C25H25N7O2. The summed E-state index contributed by atoms with van der Waals surface area (Å²) in [6.07, 6.45) is 5.85. The lowest BCUT2D eigenvalue weighted by molar-refractivity contribution is -0.384. The van der Waals surface area contributed by atoms with Crippen LogP contribution in [0, 0.1) is 24.0 Å². The number of tetrazole rings is 1. The van der Waals surface area contributed by atoms with Crippen LogP contribution in [0.1, 0.15) is 27.8 Å². The lowest BCUT2D eigenvalue weighted by atomic mass is 10.0. The van der Waals surface area contributed by atoms with Crippen LogP contribution in [0.4, 0.5) is 5.69 Å². The van der Waals surface area contributed by atoms with Gasteiger partial charge in [0.2, 0.25) is 5.82 Å². The molecule has 1 aliphatic heterocycles. The number of hydrogen-bond acceptors (Lipinski definition) is 7. The predicted octanol–water partition coefficient (Wildman–Crippen LogP) is 3.85. The Morgan fingerprint density at radius 1 is 1.06 bits per heavy atom. The number of nitrogens with zero attached hydrogens (tertiary/aromatic N) is 7. The summed E-state index contributed by atoms with van der Waals surface area (Å²) in [7, 11) is 0. The van der Waals surface area contributed by atoms with Crippen LogP contribution < -0.4 is 0 Å². The number of pyridine rings is 1. The molecule has 0 spiro atoms. The maximum Gasteiger partial charge on any atom is 0.280 e. The number of rotatable bonds is 6. The predicted molar refractivity (Wildman–Crippen MR) is 128 cm³/mol. The average Bonchev–Trinajstić information content (AvgIpc) is 3.34. The molecule has 2 aromatic carbocycles. The van der Waals surface area contributed by atoms with Crippen molar-refractivity contribution in [2.24, 2.45) is 0 Å². The number of hydrogen-bond donors (Lipinski definition) is 0. The molecule has 9 nitrogen and oxygen atoms in total. The first-order valence-electron chi connectivity index (χ1n) is 11.3. The van der Waals surface area contributed by atoms with Gasteiger partial charge in [-0.3, -0.25) is 20.0 Å². The summed E-state index contributed by atoms with van der Waals surface area (Å²) >= 11 is 0. The minimum Gasteiger partial charge on any atom is -0.298 e. The Morgan fingerprint density at radius 3 is 2.65 bits per heavy atom. The molecule has 0 fully saturated rings. The molecule has 9 heteroatoms. The van der Waals surface area contributed by atoms with Crippen molar-refractivity contribution in [3.8, 4) is 17.1 Å². The maximum absolute atomic E-state index is 11.5. The van der Waals surface area contributed by atoms with Crippen molar-refractivity contribution in [1.29, 1.82) is 0 Å². The van der Waals surface area contributed by atoms with Crippen LogP contribution in [0.15, 0.2) is 54.9 Å². The minimum atomic E-state index is -0.408. The Labute approximate surface area is 197 Å². The van der Waals surface area contributed by atoms with Gasteiger partial charge in [0.15, 0.2) is 0 Å². The van der Waals surface area contributed by atoms with Crippen molar-refractivity contribution in [2.75, 3.05) is 13.1 Å². The highest BCUT2D eigenvalue weighted by molar-refractivity contribution is 5.69. The first-order valence-corrected chi connectivity index (χ1v) is 11.3. The van der Waals surface area contributed by atoms with Crippen LogP contribution in [-0.4, -0.2) is 48.1 Å². The fourth-order valence-electron chi connectivity index (χ4n) is 4.28. The van der Waals surface area contributed by atoms with E-state index < -0.39 is 4.92 Å². The summed E-state index contributed by atoms with van der Waals surface area (Å²) in [6, 6.07) is 13.4. The van der Waals surface area contributed by atoms with E-state index in [-0.39, 0.29) is 11.5 Å². The van der Waals surface area contributed by atoms with Gasteiger partial charge >= 0.3 is 0 Å². The summed E-state index contributed by atoms with van der Waals surface area (Å²) < 4.78 is 0. The molecule has 34 heavy (non-hydrogen) atoms. The standard InChI is InChI=1S/C25H25N7O2/c1-17-13-23(24(32(33)34)14-18(17)2)25-27-29-31(28-25)22-5-3-19(4-6-22)8-11-30-12-9-20-7-10-26-15-21(20)16-30/h3-7,10,13-15H,8-9,11-12,16H2,1-2H3. The lowest BCUT2D eigenvalue weighted by Crippen LogP contribution is -2.32. The Balaban J connectivity index is 1.27. The van der Waals surface area contributed by atoms with E-state index in [0.29, 0.717) is 5.56 Å². The average molecular weight is 456 g/mol. The smallest absolute Gasteiger partial charge is 0.280 e.